The van der Waals surface area contributed by atoms with Gasteiger partial charge in [0.15, 0.2) is 0 Å². The van der Waals surface area contributed by atoms with Crippen LogP contribution in [0.5, 0.6) is 0 Å². The van der Waals surface area contributed by atoms with Crippen molar-refractivity contribution >= 4 is 0 Å². The van der Waals surface area contributed by atoms with Crippen molar-refractivity contribution in [2.24, 2.45) is 5.41 Å². The van der Waals surface area contributed by atoms with Crippen LogP contribution in [0.1, 0.15) is 97.8 Å². The Balaban J connectivity index is 2.99. The lowest BCUT2D eigenvalue weighted by atomic mass is 9.89. The van der Waals surface area contributed by atoms with Crippen LogP contribution in [-0.2, 0) is 0 Å². The molecule has 0 aliphatic heterocycles. The Morgan fingerprint density at radius 1 is 0.647 bits per heavy atom. The van der Waals surface area contributed by atoms with Gasteiger partial charge in [0.2, 0.25) is 0 Å². The monoisotopic (exact) mass is 239 g/mol. The average Bonchev–Trinajstić information content (AvgIpc) is 2.24. The molecule has 1 radical (unpaired) electrons. The average molecular weight is 239 g/mol. The van der Waals surface area contributed by atoms with E-state index in [4.69, 9.17) is 0 Å². The summed E-state index contributed by atoms with van der Waals surface area (Å²) in [5, 5.41) is 0. The third-order valence-corrected chi connectivity index (χ3v) is 3.46. The molecule has 0 amide bonds. The van der Waals surface area contributed by atoms with Gasteiger partial charge in [0.05, 0.1) is 0 Å². The second kappa shape index (κ2) is 11.1. The summed E-state index contributed by atoms with van der Waals surface area (Å²) < 4.78 is 0. The van der Waals surface area contributed by atoms with E-state index in [-0.39, 0.29) is 0 Å². The van der Waals surface area contributed by atoms with Crippen LogP contribution < -0.4 is 0 Å². The smallest absolute Gasteiger partial charge is 0.0354 e. The minimum absolute atomic E-state index is 0.291. The van der Waals surface area contributed by atoms with Crippen molar-refractivity contribution in [2.45, 2.75) is 97.8 Å². The highest BCUT2D eigenvalue weighted by atomic mass is 14.1. The molecule has 0 saturated heterocycles. The van der Waals surface area contributed by atoms with Crippen LogP contribution in [0.3, 0.4) is 0 Å². The molecule has 0 aromatic heterocycles. The molecule has 0 aromatic carbocycles. The Morgan fingerprint density at radius 2 is 1.00 bits per heavy atom. The van der Waals surface area contributed by atoms with Gasteiger partial charge in [0, 0.05) is 0 Å². The second-order valence-electron chi connectivity index (χ2n) is 6.45. The van der Waals surface area contributed by atoms with Crippen molar-refractivity contribution in [3.05, 3.63) is 6.92 Å². The summed E-state index contributed by atoms with van der Waals surface area (Å²) in [4.78, 5) is 0. The summed E-state index contributed by atoms with van der Waals surface area (Å²) in [5.74, 6) is 0. The minimum Gasteiger partial charge on any atom is -0.0654 e. The van der Waals surface area contributed by atoms with Crippen molar-refractivity contribution in [1.29, 1.82) is 0 Å². The van der Waals surface area contributed by atoms with Crippen molar-refractivity contribution in [1.82, 2.24) is 0 Å². The van der Waals surface area contributed by atoms with Crippen LogP contribution >= 0.6 is 0 Å². The van der Waals surface area contributed by atoms with E-state index in [1.165, 1.54) is 77.0 Å². The topological polar surface area (TPSA) is 0 Å². The highest BCUT2D eigenvalue weighted by Crippen LogP contribution is 2.22. The van der Waals surface area contributed by atoms with Crippen molar-refractivity contribution in [2.75, 3.05) is 0 Å². The molecule has 0 spiro atoms. The zero-order valence-corrected chi connectivity index (χ0v) is 12.7. The van der Waals surface area contributed by atoms with E-state index in [9.17, 15) is 0 Å². The molecule has 17 heavy (non-hydrogen) atoms. The number of unbranched alkanes of at least 4 members (excludes halogenated alkanes) is 10. The first-order valence-corrected chi connectivity index (χ1v) is 7.91. The molecule has 0 aliphatic carbocycles. The molecule has 0 saturated carbocycles. The lowest BCUT2D eigenvalue weighted by Gasteiger charge is -2.17. The van der Waals surface area contributed by atoms with Crippen molar-refractivity contribution < 1.29 is 0 Å². The van der Waals surface area contributed by atoms with E-state index in [1.54, 1.807) is 0 Å². The van der Waals surface area contributed by atoms with Crippen LogP contribution in [0.25, 0.3) is 0 Å². The summed E-state index contributed by atoms with van der Waals surface area (Å²) in [6.07, 6.45) is 17.0. The largest absolute Gasteiger partial charge is 0.0654 e. The lowest BCUT2D eigenvalue weighted by Crippen LogP contribution is -2.04. The van der Waals surface area contributed by atoms with Gasteiger partial charge in [-0.3, -0.25) is 0 Å². The van der Waals surface area contributed by atoms with E-state index in [0.717, 1.165) is 0 Å². The summed E-state index contributed by atoms with van der Waals surface area (Å²) in [5.41, 5.74) is 0.291. The lowest BCUT2D eigenvalue weighted by molar-refractivity contribution is 0.403. The molecule has 103 valence electrons. The minimum atomic E-state index is 0.291. The van der Waals surface area contributed by atoms with E-state index in [0.29, 0.717) is 5.41 Å². The Bertz CT molecular complexity index is 141. The Hall–Kier alpha value is 0. The molecular weight excluding hydrogens is 204 g/mol. The van der Waals surface area contributed by atoms with Gasteiger partial charge in [-0.15, -0.1) is 0 Å². The van der Waals surface area contributed by atoms with Crippen LogP contribution in [-0.4, -0.2) is 0 Å². The summed E-state index contributed by atoms with van der Waals surface area (Å²) in [6, 6.07) is 0. The van der Waals surface area contributed by atoms with Crippen molar-refractivity contribution in [3.63, 3.8) is 0 Å². The fourth-order valence-electron chi connectivity index (χ4n) is 2.27. The van der Waals surface area contributed by atoms with Crippen LogP contribution in [0.4, 0.5) is 0 Å². The molecule has 0 nitrogen and oxygen atoms in total. The predicted molar refractivity (Wildman–Crippen MR) is 80.2 cm³/mol. The Kier molecular flexibility index (Phi) is 11.1. The van der Waals surface area contributed by atoms with Gasteiger partial charge in [-0.05, 0) is 18.8 Å². The van der Waals surface area contributed by atoms with Gasteiger partial charge in [-0.2, -0.15) is 0 Å². The SMILES string of the molecule is [CH2]C(C)(C)CCCCCCCCCCCCC. The molecule has 0 N–H and O–H groups in total. The fourth-order valence-corrected chi connectivity index (χ4v) is 2.27. The van der Waals surface area contributed by atoms with E-state index in [2.05, 4.69) is 27.7 Å². The molecule has 0 rings (SSSR count). The molecule has 0 bridgehead atoms. The maximum absolute atomic E-state index is 4.15. The van der Waals surface area contributed by atoms with E-state index in [1.807, 2.05) is 0 Å². The van der Waals surface area contributed by atoms with Gasteiger partial charge in [0.25, 0.3) is 0 Å². The summed E-state index contributed by atoms with van der Waals surface area (Å²) in [6.45, 7) is 10.9. The van der Waals surface area contributed by atoms with E-state index >= 15 is 0 Å². The zero-order chi connectivity index (χ0) is 13.0. The third kappa shape index (κ3) is 16.0. The molecule has 0 unspecified atom stereocenters. The van der Waals surface area contributed by atoms with Crippen molar-refractivity contribution in [3.8, 4) is 0 Å². The van der Waals surface area contributed by atoms with Gasteiger partial charge >= 0.3 is 0 Å². The quantitative estimate of drug-likeness (QED) is 0.339. The maximum Gasteiger partial charge on any atom is -0.0354 e. The normalized spacial score (nSPS) is 12.0. The molecule has 0 atom stereocenters. The highest BCUT2D eigenvalue weighted by molar-refractivity contribution is 4.69. The number of hydrogen-bond acceptors (Lipinski definition) is 0. The van der Waals surface area contributed by atoms with Crippen LogP contribution in [0, 0.1) is 12.3 Å². The maximum atomic E-state index is 4.15. The molecule has 0 aliphatic rings. The highest BCUT2D eigenvalue weighted by Gasteiger charge is 2.08. The Labute approximate surface area is 111 Å². The van der Waals surface area contributed by atoms with Crippen LogP contribution in [0.15, 0.2) is 0 Å². The van der Waals surface area contributed by atoms with Gasteiger partial charge in [-0.25, -0.2) is 0 Å². The predicted octanol–water partition coefficient (Wildman–Crippen LogP) is 6.55. The first-order valence-electron chi connectivity index (χ1n) is 7.91. The molecule has 0 heterocycles. The summed E-state index contributed by atoms with van der Waals surface area (Å²) >= 11 is 0. The Morgan fingerprint density at radius 3 is 1.35 bits per heavy atom. The first kappa shape index (κ1) is 17.0. The first-order chi connectivity index (χ1) is 8.06. The standard InChI is InChI=1S/C17H35/c1-5-6-7-8-9-10-11-12-13-14-15-16-17(2,3)4/h2,5-16H2,1,3-4H3. The van der Waals surface area contributed by atoms with Gasteiger partial charge < -0.3 is 0 Å². The molecule has 0 heteroatoms. The molecule has 0 fully saturated rings. The van der Waals surface area contributed by atoms with Crippen LogP contribution in [0.2, 0.25) is 0 Å². The third-order valence-electron chi connectivity index (χ3n) is 3.46. The molecule has 0 aromatic rings. The number of hydrogen-bond donors (Lipinski definition) is 0. The van der Waals surface area contributed by atoms with E-state index < -0.39 is 0 Å². The number of rotatable bonds is 12. The zero-order valence-electron chi connectivity index (χ0n) is 12.7. The van der Waals surface area contributed by atoms with Gasteiger partial charge in [-0.1, -0.05) is 91.4 Å². The summed E-state index contributed by atoms with van der Waals surface area (Å²) in [7, 11) is 0. The van der Waals surface area contributed by atoms with Gasteiger partial charge in [0.1, 0.15) is 0 Å². The fraction of sp³-hybridized carbons (Fsp3) is 0.941. The second-order valence-corrected chi connectivity index (χ2v) is 6.45. The molecular formula is C17H35.